The zero-order valence-corrected chi connectivity index (χ0v) is 26.6. The summed E-state index contributed by atoms with van der Waals surface area (Å²) in [4.78, 5) is 35.2. The van der Waals surface area contributed by atoms with Crippen LogP contribution in [0.5, 0.6) is 0 Å². The number of carbonyl (C=O) groups excluding carboxylic acids is 2. The normalized spacial score (nSPS) is 17.9. The number of alkyl halides is 3. The molecule has 1 atom stereocenters. The fraction of sp³-hybridized carbons (Fsp3) is 0.471. The van der Waals surface area contributed by atoms with Crippen molar-refractivity contribution in [3.8, 4) is 0 Å². The molecule has 0 bridgehead atoms. The molecule has 3 heterocycles. The van der Waals surface area contributed by atoms with Gasteiger partial charge in [0, 0.05) is 36.6 Å². The number of halogens is 3. The number of aromatic nitrogens is 2. The number of likely N-dealkylation sites (tertiary alicyclic amines) is 1. The monoisotopic (exact) mass is 623 g/mol. The Bertz CT molecular complexity index is 1610. The Morgan fingerprint density at radius 2 is 1.91 bits per heavy atom. The number of nitrogens with one attached hydrogen (secondary N) is 2. The van der Waals surface area contributed by atoms with E-state index in [1.54, 1.807) is 17.0 Å². The van der Waals surface area contributed by atoms with Gasteiger partial charge in [0.1, 0.15) is 5.60 Å². The van der Waals surface area contributed by atoms with Crippen molar-refractivity contribution in [2.75, 3.05) is 23.7 Å². The maximum atomic E-state index is 14.0. The Kier molecular flexibility index (Phi) is 8.59. The number of aryl methyl sites for hydroxylation is 3. The number of hydrogen-bond donors (Lipinski definition) is 2. The molecule has 8 nitrogen and oxygen atoms in total. The van der Waals surface area contributed by atoms with Gasteiger partial charge >= 0.3 is 12.3 Å². The van der Waals surface area contributed by atoms with Crippen molar-refractivity contribution in [3.63, 3.8) is 0 Å². The number of piperidine rings is 1. The van der Waals surface area contributed by atoms with Crippen LogP contribution >= 0.6 is 0 Å². The average molecular weight is 624 g/mol. The first-order valence-electron chi connectivity index (χ1n) is 15.3. The lowest BCUT2D eigenvalue weighted by Gasteiger charge is -2.34. The Balaban J connectivity index is 1.33. The summed E-state index contributed by atoms with van der Waals surface area (Å²) in [7, 11) is 0. The number of anilines is 3. The molecule has 0 spiro atoms. The van der Waals surface area contributed by atoms with Crippen LogP contribution in [0, 0.1) is 6.92 Å². The number of amides is 2. The van der Waals surface area contributed by atoms with Gasteiger partial charge in [-0.15, -0.1) is 0 Å². The number of fused-ring (bicyclic) bond motifs is 1. The molecule has 2 N–H and O–H groups in total. The smallest absolute Gasteiger partial charge is 0.419 e. The number of carbonyl (C=O) groups is 2. The van der Waals surface area contributed by atoms with E-state index in [4.69, 9.17) is 4.74 Å². The molecule has 2 aliphatic heterocycles. The SMILES string of the molecule is Cc1cc(C2CCCN(C(=O)OC(C)(C)C)C2)ccc1Nc1ncc(C(F)(F)F)c(CCc2cccc3c2C(C)(C)C(=O)N3)n1. The predicted molar refractivity (Wildman–Crippen MR) is 167 cm³/mol. The minimum Gasteiger partial charge on any atom is -0.444 e. The topological polar surface area (TPSA) is 96.5 Å². The summed E-state index contributed by atoms with van der Waals surface area (Å²) in [5.74, 6) is 0.0700. The summed E-state index contributed by atoms with van der Waals surface area (Å²) in [6.45, 7) is 12.3. The second kappa shape index (κ2) is 12.0. The lowest BCUT2D eigenvalue weighted by atomic mass is 9.82. The molecule has 1 unspecified atom stereocenters. The molecular formula is C34H40F3N5O3. The summed E-state index contributed by atoms with van der Waals surface area (Å²) in [6, 6.07) is 11.3. The second-order valence-corrected chi connectivity index (χ2v) is 13.4. The summed E-state index contributed by atoms with van der Waals surface area (Å²) in [5, 5.41) is 5.97. The van der Waals surface area contributed by atoms with Crippen LogP contribution in [-0.2, 0) is 34.0 Å². The van der Waals surface area contributed by atoms with Crippen molar-refractivity contribution in [1.29, 1.82) is 0 Å². The molecule has 2 aromatic carbocycles. The molecule has 240 valence electrons. The third-order valence-corrected chi connectivity index (χ3v) is 8.44. The van der Waals surface area contributed by atoms with Crippen molar-refractivity contribution in [3.05, 3.63) is 76.1 Å². The zero-order valence-electron chi connectivity index (χ0n) is 26.6. The van der Waals surface area contributed by atoms with Crippen LogP contribution in [0.2, 0.25) is 0 Å². The van der Waals surface area contributed by atoms with E-state index >= 15 is 0 Å². The molecule has 11 heteroatoms. The highest BCUT2D eigenvalue weighted by atomic mass is 19.4. The standard InChI is InChI=1S/C34H40F3N5O3/c1-20-17-22(23-10-8-16-42(19-23)31(44)45-32(2,3)4)13-14-25(20)40-30-38-18-24(34(35,36)37)26(41-30)15-12-21-9-7-11-27-28(21)33(5,6)29(43)39-27/h7,9,11,13-14,17-18,23H,8,10,12,15-16,19H2,1-6H3,(H,39,43)(H,38,40,41). The van der Waals surface area contributed by atoms with Crippen LogP contribution in [0.15, 0.2) is 42.6 Å². The highest BCUT2D eigenvalue weighted by Crippen LogP contribution is 2.40. The molecule has 2 aliphatic rings. The fourth-order valence-corrected chi connectivity index (χ4v) is 6.14. The van der Waals surface area contributed by atoms with Gasteiger partial charge in [0.25, 0.3) is 0 Å². The third-order valence-electron chi connectivity index (χ3n) is 8.44. The van der Waals surface area contributed by atoms with Crippen LogP contribution in [0.4, 0.5) is 35.3 Å². The first kappa shape index (κ1) is 32.2. The largest absolute Gasteiger partial charge is 0.444 e. The van der Waals surface area contributed by atoms with Crippen LogP contribution < -0.4 is 10.6 Å². The van der Waals surface area contributed by atoms with Gasteiger partial charge < -0.3 is 20.3 Å². The molecule has 5 rings (SSSR count). The van der Waals surface area contributed by atoms with E-state index in [1.807, 2.05) is 65.8 Å². The average Bonchev–Trinajstić information content (AvgIpc) is 3.19. The van der Waals surface area contributed by atoms with E-state index in [9.17, 15) is 22.8 Å². The van der Waals surface area contributed by atoms with Gasteiger partial charge in [0.15, 0.2) is 0 Å². The second-order valence-electron chi connectivity index (χ2n) is 13.4. The summed E-state index contributed by atoms with van der Waals surface area (Å²) >= 11 is 0. The number of benzene rings is 2. The first-order chi connectivity index (χ1) is 21.0. The van der Waals surface area contributed by atoms with Crippen molar-refractivity contribution >= 4 is 29.3 Å². The number of ether oxygens (including phenoxy) is 1. The van der Waals surface area contributed by atoms with Crippen molar-refractivity contribution < 1.29 is 27.5 Å². The van der Waals surface area contributed by atoms with E-state index in [0.717, 1.165) is 41.3 Å². The Hall–Kier alpha value is -4.15. The van der Waals surface area contributed by atoms with E-state index in [0.29, 0.717) is 24.5 Å². The molecule has 1 fully saturated rings. The zero-order chi connectivity index (χ0) is 32.7. The number of nitrogens with zero attached hydrogens (tertiary/aromatic N) is 3. The highest BCUT2D eigenvalue weighted by molar-refractivity contribution is 6.06. The van der Waals surface area contributed by atoms with E-state index in [1.165, 1.54) is 0 Å². The maximum Gasteiger partial charge on any atom is 0.419 e. The van der Waals surface area contributed by atoms with Crippen LogP contribution in [0.25, 0.3) is 0 Å². The molecule has 45 heavy (non-hydrogen) atoms. The molecule has 0 aliphatic carbocycles. The molecule has 1 saturated heterocycles. The minimum absolute atomic E-state index is 0.0144. The van der Waals surface area contributed by atoms with E-state index < -0.39 is 22.8 Å². The van der Waals surface area contributed by atoms with Gasteiger partial charge in [0.2, 0.25) is 11.9 Å². The quantitative estimate of drug-likeness (QED) is 0.293. The van der Waals surface area contributed by atoms with Gasteiger partial charge in [-0.1, -0.05) is 24.3 Å². The van der Waals surface area contributed by atoms with Crippen molar-refractivity contribution in [2.45, 2.75) is 90.3 Å². The minimum atomic E-state index is -4.62. The molecule has 1 aromatic heterocycles. The third kappa shape index (κ3) is 7.07. The van der Waals surface area contributed by atoms with Crippen molar-refractivity contribution in [1.82, 2.24) is 14.9 Å². The Morgan fingerprint density at radius 3 is 2.60 bits per heavy atom. The molecular weight excluding hydrogens is 583 g/mol. The summed E-state index contributed by atoms with van der Waals surface area (Å²) in [6.07, 6.45) is -2.02. The van der Waals surface area contributed by atoms with E-state index in [2.05, 4.69) is 20.6 Å². The predicted octanol–water partition coefficient (Wildman–Crippen LogP) is 7.68. The highest BCUT2D eigenvalue weighted by Gasteiger charge is 2.40. The molecule has 0 saturated carbocycles. The maximum absolute atomic E-state index is 14.0. The van der Waals surface area contributed by atoms with Gasteiger partial charge in [0.05, 0.1) is 16.7 Å². The van der Waals surface area contributed by atoms with Crippen LogP contribution in [-0.4, -0.2) is 45.6 Å². The lowest BCUT2D eigenvalue weighted by molar-refractivity contribution is -0.138. The van der Waals surface area contributed by atoms with Gasteiger partial charge in [-0.25, -0.2) is 14.8 Å². The first-order valence-corrected chi connectivity index (χ1v) is 15.3. The number of hydrogen-bond acceptors (Lipinski definition) is 6. The van der Waals surface area contributed by atoms with Gasteiger partial charge in [-0.05, 0) is 102 Å². The van der Waals surface area contributed by atoms with Crippen molar-refractivity contribution in [2.24, 2.45) is 0 Å². The Labute approximate surface area is 261 Å². The summed E-state index contributed by atoms with van der Waals surface area (Å²) < 4.78 is 47.5. The van der Waals surface area contributed by atoms with E-state index in [-0.39, 0.29) is 42.4 Å². The summed E-state index contributed by atoms with van der Waals surface area (Å²) in [5.41, 5.74) is 2.58. The number of rotatable bonds is 6. The molecule has 0 radical (unpaired) electrons. The Morgan fingerprint density at radius 1 is 1.16 bits per heavy atom. The van der Waals surface area contributed by atoms with Gasteiger partial charge in [-0.2, -0.15) is 13.2 Å². The molecule has 3 aromatic rings. The van der Waals surface area contributed by atoms with Gasteiger partial charge in [-0.3, -0.25) is 4.79 Å². The lowest BCUT2D eigenvalue weighted by Crippen LogP contribution is -2.42. The van der Waals surface area contributed by atoms with Crippen LogP contribution in [0.3, 0.4) is 0 Å². The fourth-order valence-electron chi connectivity index (χ4n) is 6.14. The molecule has 2 amide bonds. The van der Waals surface area contributed by atoms with Crippen LogP contribution in [0.1, 0.15) is 86.9 Å².